The van der Waals surface area contributed by atoms with E-state index in [-0.39, 0.29) is 16.8 Å². The van der Waals surface area contributed by atoms with Crippen LogP contribution in [0.15, 0.2) is 29.2 Å². The number of carbonyl (C=O) groups excluding carboxylic acids is 1. The van der Waals surface area contributed by atoms with Crippen molar-refractivity contribution in [3.63, 3.8) is 0 Å². The molecule has 2 aliphatic rings. The van der Waals surface area contributed by atoms with Gasteiger partial charge in [0.15, 0.2) is 0 Å². The molecule has 132 valence electrons. The van der Waals surface area contributed by atoms with Gasteiger partial charge in [-0.05, 0) is 43.9 Å². The van der Waals surface area contributed by atoms with Crippen molar-refractivity contribution in [2.75, 3.05) is 20.1 Å². The number of hydrogen-bond acceptors (Lipinski definition) is 3. The lowest BCUT2D eigenvalue weighted by Crippen LogP contribution is -2.38. The van der Waals surface area contributed by atoms with Gasteiger partial charge in [-0.1, -0.05) is 25.3 Å². The molecule has 0 aromatic heterocycles. The van der Waals surface area contributed by atoms with E-state index >= 15 is 0 Å². The highest BCUT2D eigenvalue weighted by molar-refractivity contribution is 7.89. The molecule has 0 spiro atoms. The van der Waals surface area contributed by atoms with Gasteiger partial charge in [0, 0.05) is 31.7 Å². The van der Waals surface area contributed by atoms with Crippen LogP contribution in [0.3, 0.4) is 0 Å². The molecule has 1 aliphatic heterocycles. The number of hydrogen-bond donors (Lipinski definition) is 0. The fourth-order valence-electron chi connectivity index (χ4n) is 3.70. The average Bonchev–Trinajstić information content (AvgIpc) is 3.16. The molecule has 5 nitrogen and oxygen atoms in total. The maximum atomic E-state index is 12.9. The lowest BCUT2D eigenvalue weighted by Gasteiger charge is -2.30. The summed E-state index contributed by atoms with van der Waals surface area (Å²) in [4.78, 5) is 14.5. The lowest BCUT2D eigenvalue weighted by molar-refractivity contribution is 0.0792. The van der Waals surface area contributed by atoms with Gasteiger partial charge in [0.25, 0.3) is 5.91 Å². The van der Waals surface area contributed by atoms with Crippen LogP contribution in [0.25, 0.3) is 0 Å². The van der Waals surface area contributed by atoms with E-state index in [9.17, 15) is 13.2 Å². The molecule has 0 bridgehead atoms. The van der Waals surface area contributed by atoms with Gasteiger partial charge < -0.3 is 4.90 Å². The highest BCUT2D eigenvalue weighted by atomic mass is 32.2. The number of sulfonamides is 1. The molecule has 2 fully saturated rings. The summed E-state index contributed by atoms with van der Waals surface area (Å²) >= 11 is 0. The van der Waals surface area contributed by atoms with Crippen molar-refractivity contribution < 1.29 is 13.2 Å². The second-order valence-corrected chi connectivity index (χ2v) is 8.84. The number of likely N-dealkylation sites (tertiary alicyclic amines) is 1. The van der Waals surface area contributed by atoms with E-state index in [4.69, 9.17) is 0 Å². The molecule has 1 heterocycles. The third-order valence-corrected chi connectivity index (χ3v) is 7.15. The molecule has 1 saturated heterocycles. The van der Waals surface area contributed by atoms with Crippen molar-refractivity contribution in [3.8, 4) is 0 Å². The predicted molar refractivity (Wildman–Crippen MR) is 93.4 cm³/mol. The van der Waals surface area contributed by atoms with Crippen LogP contribution in [0.2, 0.25) is 0 Å². The van der Waals surface area contributed by atoms with Gasteiger partial charge in [0.05, 0.1) is 4.90 Å². The first-order valence-electron chi connectivity index (χ1n) is 8.87. The standard InChI is InChI=1S/C18H26N2O3S/c1-19(16-9-3-2-4-10-16)24(22,23)17-11-7-8-15(14-17)18(21)20-12-5-6-13-20/h7-8,11,14,16H,2-6,9-10,12-13H2,1H3. The zero-order valence-corrected chi connectivity index (χ0v) is 15.1. The molecular weight excluding hydrogens is 324 g/mol. The van der Waals surface area contributed by atoms with Crippen LogP contribution >= 0.6 is 0 Å². The van der Waals surface area contributed by atoms with Crippen molar-refractivity contribution in [3.05, 3.63) is 29.8 Å². The molecule has 1 aromatic rings. The number of amides is 1. The van der Waals surface area contributed by atoms with Crippen molar-refractivity contribution in [1.82, 2.24) is 9.21 Å². The largest absolute Gasteiger partial charge is 0.339 e. The third-order valence-electron chi connectivity index (χ3n) is 5.24. The minimum atomic E-state index is -3.56. The first kappa shape index (κ1) is 17.4. The van der Waals surface area contributed by atoms with Crippen LogP contribution in [0.5, 0.6) is 0 Å². The fourth-order valence-corrected chi connectivity index (χ4v) is 5.16. The van der Waals surface area contributed by atoms with Crippen molar-refractivity contribution in [1.29, 1.82) is 0 Å². The molecule has 0 radical (unpaired) electrons. The second-order valence-electron chi connectivity index (χ2n) is 6.84. The van der Waals surface area contributed by atoms with Crippen molar-refractivity contribution in [2.45, 2.75) is 55.9 Å². The topological polar surface area (TPSA) is 57.7 Å². The van der Waals surface area contributed by atoms with Gasteiger partial charge in [-0.25, -0.2) is 8.42 Å². The van der Waals surface area contributed by atoms with Gasteiger partial charge in [-0.3, -0.25) is 4.79 Å². The van der Waals surface area contributed by atoms with Gasteiger partial charge in [-0.15, -0.1) is 0 Å². The lowest BCUT2D eigenvalue weighted by atomic mass is 9.96. The summed E-state index contributed by atoms with van der Waals surface area (Å²) in [5, 5.41) is 0. The van der Waals surface area contributed by atoms with E-state index < -0.39 is 10.0 Å². The van der Waals surface area contributed by atoms with E-state index in [2.05, 4.69) is 0 Å². The SMILES string of the molecule is CN(C1CCCCC1)S(=O)(=O)c1cccc(C(=O)N2CCCC2)c1. The van der Waals surface area contributed by atoms with Gasteiger partial charge in [-0.2, -0.15) is 4.31 Å². The van der Waals surface area contributed by atoms with Crippen LogP contribution in [0, 0.1) is 0 Å². The van der Waals surface area contributed by atoms with E-state index in [0.29, 0.717) is 5.56 Å². The first-order valence-corrected chi connectivity index (χ1v) is 10.3. The Balaban J connectivity index is 1.82. The number of nitrogens with zero attached hydrogens (tertiary/aromatic N) is 2. The Morgan fingerprint density at radius 2 is 1.75 bits per heavy atom. The van der Waals surface area contributed by atoms with Crippen molar-refractivity contribution >= 4 is 15.9 Å². The molecule has 24 heavy (non-hydrogen) atoms. The Labute approximate surface area is 144 Å². The Morgan fingerprint density at radius 3 is 2.42 bits per heavy atom. The molecule has 1 amide bonds. The molecule has 0 atom stereocenters. The van der Waals surface area contributed by atoms with Crippen LogP contribution in [0.1, 0.15) is 55.3 Å². The molecule has 0 unspecified atom stereocenters. The van der Waals surface area contributed by atoms with Crippen molar-refractivity contribution in [2.24, 2.45) is 0 Å². The Kier molecular flexibility index (Phi) is 5.25. The van der Waals surface area contributed by atoms with E-state index in [1.165, 1.54) is 16.8 Å². The Hall–Kier alpha value is -1.40. The van der Waals surface area contributed by atoms with Gasteiger partial charge in [0.1, 0.15) is 0 Å². The minimum absolute atomic E-state index is 0.0649. The normalized spacial score (nSPS) is 19.8. The number of rotatable bonds is 4. The highest BCUT2D eigenvalue weighted by Gasteiger charge is 2.30. The monoisotopic (exact) mass is 350 g/mol. The quantitative estimate of drug-likeness (QED) is 0.839. The molecule has 1 aliphatic carbocycles. The summed E-state index contributed by atoms with van der Waals surface area (Å²) in [5.41, 5.74) is 0.468. The molecule has 3 rings (SSSR count). The Morgan fingerprint density at radius 1 is 1.08 bits per heavy atom. The van der Waals surface area contributed by atoms with Crippen LogP contribution in [-0.4, -0.2) is 49.7 Å². The summed E-state index contributed by atoms with van der Waals surface area (Å²) in [6, 6.07) is 6.58. The summed E-state index contributed by atoms with van der Waals surface area (Å²) in [6.45, 7) is 1.52. The summed E-state index contributed by atoms with van der Waals surface area (Å²) in [6.07, 6.45) is 7.23. The molecular formula is C18H26N2O3S. The van der Waals surface area contributed by atoms with E-state index in [1.807, 2.05) is 0 Å². The summed E-state index contributed by atoms with van der Waals surface area (Å²) < 4.78 is 27.4. The maximum absolute atomic E-state index is 12.9. The second kappa shape index (κ2) is 7.23. The van der Waals surface area contributed by atoms with E-state index in [1.54, 1.807) is 30.1 Å². The zero-order valence-electron chi connectivity index (χ0n) is 14.3. The van der Waals surface area contributed by atoms with Crippen LogP contribution < -0.4 is 0 Å². The molecule has 6 heteroatoms. The Bertz CT molecular complexity index is 690. The molecule has 1 aromatic carbocycles. The molecule has 0 N–H and O–H groups in total. The molecule has 1 saturated carbocycles. The minimum Gasteiger partial charge on any atom is -0.339 e. The summed E-state index contributed by atoms with van der Waals surface area (Å²) in [5.74, 6) is -0.0649. The first-order chi connectivity index (χ1) is 11.5. The maximum Gasteiger partial charge on any atom is 0.253 e. The van der Waals surface area contributed by atoms with E-state index in [0.717, 1.165) is 51.6 Å². The number of benzene rings is 1. The smallest absolute Gasteiger partial charge is 0.253 e. The fraction of sp³-hybridized carbons (Fsp3) is 0.611. The predicted octanol–water partition coefficient (Wildman–Crippen LogP) is 2.88. The highest BCUT2D eigenvalue weighted by Crippen LogP contribution is 2.27. The van der Waals surface area contributed by atoms with Gasteiger partial charge in [0.2, 0.25) is 10.0 Å². The third kappa shape index (κ3) is 3.49. The average molecular weight is 350 g/mol. The van der Waals surface area contributed by atoms with Gasteiger partial charge >= 0.3 is 0 Å². The number of carbonyl (C=O) groups is 1. The van der Waals surface area contributed by atoms with Crippen LogP contribution in [0.4, 0.5) is 0 Å². The van der Waals surface area contributed by atoms with Crippen LogP contribution in [-0.2, 0) is 10.0 Å². The zero-order chi connectivity index (χ0) is 17.2. The summed E-state index contributed by atoms with van der Waals surface area (Å²) in [7, 11) is -1.89.